The van der Waals surface area contributed by atoms with Crippen LogP contribution < -0.4 is 11.4 Å². The lowest BCUT2D eigenvalue weighted by Gasteiger charge is -2.24. The van der Waals surface area contributed by atoms with Crippen LogP contribution in [0.4, 0.5) is 5.82 Å². The largest absolute Gasteiger partial charge is 0.463 e. The van der Waals surface area contributed by atoms with Crippen molar-refractivity contribution in [2.45, 2.75) is 45.2 Å². The van der Waals surface area contributed by atoms with Gasteiger partial charge in [0.25, 0.3) is 0 Å². The van der Waals surface area contributed by atoms with E-state index in [-0.39, 0.29) is 11.4 Å². The van der Waals surface area contributed by atoms with Crippen molar-refractivity contribution in [1.29, 1.82) is 5.26 Å². The first-order chi connectivity index (χ1) is 14.7. The number of ether oxygens (including phenoxy) is 4. The lowest BCUT2D eigenvalue weighted by Crippen LogP contribution is -2.42. The number of esters is 3. The van der Waals surface area contributed by atoms with Crippen molar-refractivity contribution in [2.75, 3.05) is 12.3 Å². The summed E-state index contributed by atoms with van der Waals surface area (Å²) < 4.78 is 42.8. The number of aromatic nitrogens is 2. The normalized spacial score (nSPS) is 24.9. The second-order valence-corrected chi connectivity index (χ2v) is 5.50. The fourth-order valence-corrected chi connectivity index (χ4v) is 2.56. The van der Waals surface area contributed by atoms with E-state index in [0.717, 1.165) is 10.8 Å². The summed E-state index contributed by atoms with van der Waals surface area (Å²) in [5, 5.41) is 9.15. The van der Waals surface area contributed by atoms with Gasteiger partial charge in [0.05, 0.1) is 0 Å². The van der Waals surface area contributed by atoms with Gasteiger partial charge in [0, 0.05) is 31.0 Å². The Morgan fingerprint density at radius 3 is 2.54 bits per heavy atom. The number of hydrogen-bond acceptors (Lipinski definition) is 11. The van der Waals surface area contributed by atoms with E-state index in [1.54, 1.807) is 6.07 Å². The monoisotopic (exact) mass is 397 g/mol. The third kappa shape index (κ3) is 4.63. The quantitative estimate of drug-likeness (QED) is 0.478. The highest BCUT2D eigenvalue weighted by Crippen LogP contribution is 2.34. The van der Waals surface area contributed by atoms with Gasteiger partial charge in [-0.25, -0.2) is 4.79 Å². The van der Waals surface area contributed by atoms with Gasteiger partial charge in [0.1, 0.15) is 30.2 Å². The summed E-state index contributed by atoms with van der Waals surface area (Å²) >= 11 is 0. The zero-order valence-electron chi connectivity index (χ0n) is 17.4. The number of rotatable bonds is 5. The number of nitrogens with two attached hydrogens (primary N) is 1. The molecule has 0 spiro atoms. The molecular formula is C16H18N4O8. The van der Waals surface area contributed by atoms with Crippen molar-refractivity contribution in [3.63, 3.8) is 0 Å². The van der Waals surface area contributed by atoms with Crippen LogP contribution >= 0.6 is 0 Å². The van der Waals surface area contributed by atoms with Gasteiger partial charge in [-0.3, -0.25) is 19.0 Å². The van der Waals surface area contributed by atoms with Crippen LogP contribution in [0.15, 0.2) is 11.0 Å². The minimum atomic E-state index is -1.51. The maximum Gasteiger partial charge on any atom is 0.351 e. The van der Waals surface area contributed by atoms with Crippen molar-refractivity contribution < 1.29 is 37.4 Å². The molecule has 1 saturated heterocycles. The Hall–Kier alpha value is -3.46. The van der Waals surface area contributed by atoms with Gasteiger partial charge < -0.3 is 24.7 Å². The Kier molecular flexibility index (Phi) is 5.06. The smallest absolute Gasteiger partial charge is 0.351 e. The Bertz CT molecular complexity index is 950. The molecule has 1 aromatic rings. The average Bonchev–Trinajstić information content (AvgIpc) is 3.08. The molecule has 1 aromatic heterocycles. The lowest BCUT2D eigenvalue weighted by molar-refractivity contribution is -0.166. The Morgan fingerprint density at radius 1 is 1.29 bits per heavy atom. The molecule has 0 aromatic carbocycles. The summed E-state index contributed by atoms with van der Waals surface area (Å²) in [6.45, 7) is -2.83. The number of nitriles is 1. The minimum absolute atomic E-state index is 0.197. The van der Waals surface area contributed by atoms with Crippen molar-refractivity contribution in [3.8, 4) is 6.07 Å². The van der Waals surface area contributed by atoms with Crippen LogP contribution in [0.2, 0.25) is 0 Å². The molecule has 1 unspecified atom stereocenters. The highest BCUT2D eigenvalue weighted by Gasteiger charge is 2.51. The number of carbonyl (C=O) groups excluding carboxylic acids is 3. The third-order valence-corrected chi connectivity index (χ3v) is 3.60. The molecule has 12 nitrogen and oxygen atoms in total. The first-order valence-electron chi connectivity index (χ1n) is 9.74. The van der Waals surface area contributed by atoms with Gasteiger partial charge in [0.2, 0.25) is 0 Å². The van der Waals surface area contributed by atoms with Crippen molar-refractivity contribution in [2.24, 2.45) is 0 Å². The molecule has 4 atom stereocenters. The number of anilines is 1. The molecule has 1 aliphatic heterocycles. The molecule has 0 amide bonds. The standard InChI is InChI=1S/C16H18N4O8/c1-7(21)25-6-11-12(26-8(2)22)13(27-9(3)23)15(28-11)20-5-10(4-17)14(18)19-16(20)24/h5,11-13,15H,6H2,1-3H3,(H2,18,19,24)/t11-,12+,13-,15?/m1/s1/i1D,2D,3D. The van der Waals surface area contributed by atoms with E-state index in [1.165, 1.54) is 0 Å². The lowest BCUT2D eigenvalue weighted by atomic mass is 10.1. The van der Waals surface area contributed by atoms with Gasteiger partial charge in [0.15, 0.2) is 18.4 Å². The van der Waals surface area contributed by atoms with Crippen LogP contribution in [0, 0.1) is 11.3 Å². The second-order valence-electron chi connectivity index (χ2n) is 5.50. The summed E-state index contributed by atoms with van der Waals surface area (Å²) in [4.78, 5) is 50.8. The molecule has 2 N–H and O–H groups in total. The van der Waals surface area contributed by atoms with Crippen LogP contribution in [-0.4, -0.2) is 52.4 Å². The zero-order valence-corrected chi connectivity index (χ0v) is 14.4. The van der Waals surface area contributed by atoms with Gasteiger partial charge >= 0.3 is 23.6 Å². The fraction of sp³-hybridized carbons (Fsp3) is 0.500. The first kappa shape index (κ1) is 16.7. The first-order valence-corrected chi connectivity index (χ1v) is 7.62. The van der Waals surface area contributed by atoms with E-state index >= 15 is 0 Å². The molecule has 2 rings (SSSR count). The average molecular weight is 397 g/mol. The number of nitrogens with zero attached hydrogens (tertiary/aromatic N) is 3. The molecule has 0 aliphatic carbocycles. The summed E-state index contributed by atoms with van der Waals surface area (Å²) in [7, 11) is 0. The second kappa shape index (κ2) is 8.49. The van der Waals surface area contributed by atoms with Crippen LogP contribution in [0.3, 0.4) is 0 Å². The van der Waals surface area contributed by atoms with E-state index in [0.29, 0.717) is 0 Å². The zero-order chi connectivity index (χ0) is 23.1. The van der Waals surface area contributed by atoms with Gasteiger partial charge in [-0.15, -0.1) is 0 Å². The van der Waals surface area contributed by atoms with Crippen molar-refractivity contribution in [1.82, 2.24) is 9.55 Å². The molecule has 0 radical (unpaired) electrons. The predicted octanol–water partition coefficient (Wildman–Crippen LogP) is -0.979. The van der Waals surface area contributed by atoms with Crippen molar-refractivity contribution in [3.05, 3.63) is 22.2 Å². The maximum absolute atomic E-state index is 12.4. The highest BCUT2D eigenvalue weighted by atomic mass is 16.7. The topological polar surface area (TPSA) is 173 Å². The highest BCUT2D eigenvalue weighted by molar-refractivity contribution is 5.68. The molecular weight excluding hydrogens is 376 g/mol. The van der Waals surface area contributed by atoms with E-state index in [4.69, 9.17) is 34.1 Å². The van der Waals surface area contributed by atoms with Gasteiger partial charge in [-0.2, -0.15) is 10.2 Å². The van der Waals surface area contributed by atoms with E-state index < -0.39 is 75.4 Å². The minimum Gasteiger partial charge on any atom is -0.463 e. The Morgan fingerprint density at radius 2 is 1.93 bits per heavy atom. The molecule has 150 valence electrons. The Balaban J connectivity index is 2.50. The summed E-state index contributed by atoms with van der Waals surface area (Å²) in [6.07, 6.45) is -4.71. The van der Waals surface area contributed by atoms with Gasteiger partial charge in [-0.1, -0.05) is 0 Å². The molecule has 2 heterocycles. The van der Waals surface area contributed by atoms with E-state index in [2.05, 4.69) is 4.98 Å². The fourth-order valence-electron chi connectivity index (χ4n) is 2.56. The molecule has 0 saturated carbocycles. The van der Waals surface area contributed by atoms with E-state index in [1.807, 2.05) is 0 Å². The molecule has 1 fully saturated rings. The Labute approximate surface area is 163 Å². The van der Waals surface area contributed by atoms with Crippen LogP contribution in [-0.2, 0) is 33.3 Å². The van der Waals surface area contributed by atoms with Crippen LogP contribution in [0.1, 0.15) is 36.6 Å². The molecule has 12 heteroatoms. The number of nitrogen functional groups attached to an aromatic ring is 1. The summed E-state index contributed by atoms with van der Waals surface area (Å²) in [5.41, 5.74) is 4.33. The predicted molar refractivity (Wildman–Crippen MR) is 89.3 cm³/mol. The van der Waals surface area contributed by atoms with Crippen LogP contribution in [0.25, 0.3) is 0 Å². The van der Waals surface area contributed by atoms with Crippen molar-refractivity contribution >= 4 is 23.7 Å². The third-order valence-electron chi connectivity index (χ3n) is 3.60. The molecule has 0 bridgehead atoms. The summed E-state index contributed by atoms with van der Waals surface area (Å²) in [5.74, 6) is -3.35. The van der Waals surface area contributed by atoms with E-state index in [9.17, 15) is 19.2 Å². The maximum atomic E-state index is 12.4. The molecule has 28 heavy (non-hydrogen) atoms. The van der Waals surface area contributed by atoms with Crippen LogP contribution in [0.5, 0.6) is 0 Å². The van der Waals surface area contributed by atoms with Gasteiger partial charge in [-0.05, 0) is 0 Å². The molecule has 1 aliphatic rings. The SMILES string of the molecule is [2H]CC(=O)OC[C@H]1OC(n2cc(C#N)c(N)nc2=O)[C@H](OC(=O)C[2H])[C@H]1OC(=O)C[2H]. The number of hydrogen-bond donors (Lipinski definition) is 1. The summed E-state index contributed by atoms with van der Waals surface area (Å²) in [6, 6.07) is 1.72. The number of carbonyl (C=O) groups is 3.